The molecule has 1 N–H and O–H groups in total. The molecule has 0 aliphatic carbocycles. The van der Waals surface area contributed by atoms with Crippen molar-refractivity contribution in [2.24, 2.45) is 0 Å². The Morgan fingerprint density at radius 2 is 2.17 bits per heavy atom. The molecule has 0 bridgehead atoms. The first-order chi connectivity index (χ1) is 11.7. The highest BCUT2D eigenvalue weighted by molar-refractivity contribution is 5.95. The number of ether oxygens (including phenoxy) is 1. The molecule has 122 valence electrons. The van der Waals surface area contributed by atoms with Crippen molar-refractivity contribution in [1.29, 1.82) is 5.26 Å². The molecule has 0 fully saturated rings. The van der Waals surface area contributed by atoms with E-state index in [1.807, 2.05) is 18.2 Å². The van der Waals surface area contributed by atoms with Gasteiger partial charge < -0.3 is 15.0 Å². The number of anilines is 2. The number of nitrogens with zero attached hydrogens (tertiary/aromatic N) is 2. The molecule has 0 atom stereocenters. The number of fused-ring (bicyclic) bond motifs is 1. The topological polar surface area (TPSA) is 65.4 Å². The Bertz CT molecular complexity index is 795. The summed E-state index contributed by atoms with van der Waals surface area (Å²) in [5.41, 5.74) is 3.29. The van der Waals surface area contributed by atoms with E-state index in [9.17, 15) is 4.79 Å². The first-order valence-electron chi connectivity index (χ1n) is 7.92. The summed E-state index contributed by atoms with van der Waals surface area (Å²) in [5.74, 6) is 0.712. The average Bonchev–Trinajstić information content (AvgIpc) is 2.62. The van der Waals surface area contributed by atoms with E-state index in [4.69, 9.17) is 10.00 Å². The van der Waals surface area contributed by atoms with Gasteiger partial charge in [0.15, 0.2) is 0 Å². The minimum absolute atomic E-state index is 0.124. The largest absolute Gasteiger partial charge is 0.497 e. The number of amides is 1. The fourth-order valence-corrected chi connectivity index (χ4v) is 3.00. The number of benzene rings is 2. The maximum Gasteiger partial charge on any atom is 0.243 e. The van der Waals surface area contributed by atoms with Crippen LogP contribution in [0.5, 0.6) is 5.75 Å². The van der Waals surface area contributed by atoms with Gasteiger partial charge >= 0.3 is 0 Å². The third-order valence-corrected chi connectivity index (χ3v) is 4.16. The molecule has 1 heterocycles. The molecule has 2 aromatic carbocycles. The second-order valence-corrected chi connectivity index (χ2v) is 5.73. The Balaban J connectivity index is 1.73. The number of hydrogen-bond acceptors (Lipinski definition) is 4. The summed E-state index contributed by atoms with van der Waals surface area (Å²) in [6.07, 6.45) is 1.99. The Morgan fingerprint density at radius 1 is 1.33 bits per heavy atom. The van der Waals surface area contributed by atoms with E-state index in [1.54, 1.807) is 31.4 Å². The number of aryl methyl sites for hydroxylation is 1. The van der Waals surface area contributed by atoms with Crippen LogP contribution in [0.15, 0.2) is 42.5 Å². The van der Waals surface area contributed by atoms with Crippen molar-refractivity contribution >= 4 is 17.3 Å². The molecule has 3 rings (SSSR count). The summed E-state index contributed by atoms with van der Waals surface area (Å²) >= 11 is 0. The van der Waals surface area contributed by atoms with E-state index in [0.29, 0.717) is 11.3 Å². The fourth-order valence-electron chi connectivity index (χ4n) is 3.00. The molecule has 0 saturated heterocycles. The van der Waals surface area contributed by atoms with E-state index in [2.05, 4.69) is 16.3 Å². The van der Waals surface area contributed by atoms with Crippen LogP contribution in [0.25, 0.3) is 0 Å². The van der Waals surface area contributed by atoms with Gasteiger partial charge in [-0.05, 0) is 48.7 Å². The minimum Gasteiger partial charge on any atom is -0.497 e. The third kappa shape index (κ3) is 3.33. The van der Waals surface area contributed by atoms with Crippen molar-refractivity contribution in [2.45, 2.75) is 12.8 Å². The lowest BCUT2D eigenvalue weighted by Crippen LogP contribution is -2.36. The normalized spacial score (nSPS) is 12.9. The van der Waals surface area contributed by atoms with E-state index in [0.717, 1.165) is 30.8 Å². The van der Waals surface area contributed by atoms with Crippen LogP contribution < -0.4 is 15.0 Å². The number of nitrogens with one attached hydrogen (secondary N) is 1. The highest BCUT2D eigenvalue weighted by Crippen LogP contribution is 2.30. The van der Waals surface area contributed by atoms with Crippen LogP contribution in [-0.2, 0) is 11.2 Å². The van der Waals surface area contributed by atoms with E-state index < -0.39 is 0 Å². The average molecular weight is 321 g/mol. The number of carbonyl (C=O) groups excluding carboxylic acids is 1. The second-order valence-electron chi connectivity index (χ2n) is 5.73. The third-order valence-electron chi connectivity index (χ3n) is 4.16. The Morgan fingerprint density at radius 3 is 2.96 bits per heavy atom. The molecular weight excluding hydrogens is 302 g/mol. The van der Waals surface area contributed by atoms with E-state index in [-0.39, 0.29) is 12.5 Å². The number of rotatable bonds is 4. The Kier molecular flexibility index (Phi) is 4.66. The maximum absolute atomic E-state index is 12.4. The molecular formula is C19H19N3O2. The summed E-state index contributed by atoms with van der Waals surface area (Å²) in [5, 5.41) is 11.9. The zero-order valence-corrected chi connectivity index (χ0v) is 13.6. The number of methoxy groups -OCH3 is 1. The van der Waals surface area contributed by atoms with E-state index >= 15 is 0 Å². The van der Waals surface area contributed by atoms with Crippen molar-refractivity contribution in [1.82, 2.24) is 0 Å². The zero-order chi connectivity index (χ0) is 16.9. The van der Waals surface area contributed by atoms with Crippen molar-refractivity contribution in [2.75, 3.05) is 30.4 Å². The van der Waals surface area contributed by atoms with Gasteiger partial charge in [-0.1, -0.05) is 12.1 Å². The molecule has 1 aliphatic rings. The smallest absolute Gasteiger partial charge is 0.243 e. The molecule has 1 aliphatic heterocycles. The van der Waals surface area contributed by atoms with Crippen LogP contribution in [-0.4, -0.2) is 26.1 Å². The summed E-state index contributed by atoms with van der Waals surface area (Å²) < 4.78 is 5.27. The van der Waals surface area contributed by atoms with Crippen molar-refractivity contribution < 1.29 is 9.53 Å². The zero-order valence-electron chi connectivity index (χ0n) is 13.6. The van der Waals surface area contributed by atoms with Crippen LogP contribution >= 0.6 is 0 Å². The molecule has 1 amide bonds. The number of carbonyl (C=O) groups is 1. The highest BCUT2D eigenvalue weighted by Gasteiger charge is 2.20. The maximum atomic E-state index is 12.4. The first-order valence-corrected chi connectivity index (χ1v) is 7.92. The van der Waals surface area contributed by atoms with Gasteiger partial charge in [0.25, 0.3) is 0 Å². The predicted octanol–water partition coefficient (Wildman–Crippen LogP) is 2.96. The van der Waals surface area contributed by atoms with Crippen molar-refractivity contribution in [3.05, 3.63) is 53.6 Å². The van der Waals surface area contributed by atoms with Crippen LogP contribution in [0.3, 0.4) is 0 Å². The van der Waals surface area contributed by atoms with Crippen LogP contribution in [0.2, 0.25) is 0 Å². The highest BCUT2D eigenvalue weighted by atomic mass is 16.5. The standard InChI is InChI=1S/C19H19N3O2/c1-24-16-8-9-18-14(11-16)6-4-10-22(18)13-19(23)21-17-7-3-2-5-15(17)12-20/h2-3,5,7-9,11H,4,6,10,13H2,1H3,(H,21,23). The lowest BCUT2D eigenvalue weighted by Gasteiger charge is -2.31. The fraction of sp³-hybridized carbons (Fsp3) is 0.263. The van der Waals surface area contributed by atoms with Gasteiger partial charge in [-0.2, -0.15) is 5.26 Å². The molecule has 0 radical (unpaired) electrons. The quantitative estimate of drug-likeness (QED) is 0.940. The molecule has 5 nitrogen and oxygen atoms in total. The number of hydrogen-bond donors (Lipinski definition) is 1. The first kappa shape index (κ1) is 15.9. The molecule has 5 heteroatoms. The predicted molar refractivity (Wildman–Crippen MR) is 93.3 cm³/mol. The van der Waals surface area contributed by atoms with Crippen LogP contribution in [0.4, 0.5) is 11.4 Å². The number of nitriles is 1. The van der Waals surface area contributed by atoms with Gasteiger partial charge in [-0.25, -0.2) is 0 Å². The summed E-state index contributed by atoms with van der Waals surface area (Å²) in [6.45, 7) is 1.10. The molecule has 0 saturated carbocycles. The molecule has 0 aromatic heterocycles. The van der Waals surface area contributed by atoms with Gasteiger partial charge in [0.05, 0.1) is 24.9 Å². The van der Waals surface area contributed by atoms with Crippen molar-refractivity contribution in [3.63, 3.8) is 0 Å². The Labute approximate surface area is 141 Å². The molecule has 0 unspecified atom stereocenters. The molecule has 24 heavy (non-hydrogen) atoms. The summed E-state index contributed by atoms with van der Waals surface area (Å²) in [7, 11) is 1.66. The van der Waals surface area contributed by atoms with Gasteiger partial charge in [-0.15, -0.1) is 0 Å². The van der Waals surface area contributed by atoms with Gasteiger partial charge in [0.1, 0.15) is 11.8 Å². The van der Waals surface area contributed by atoms with Gasteiger partial charge in [0.2, 0.25) is 5.91 Å². The lowest BCUT2D eigenvalue weighted by atomic mass is 10.0. The SMILES string of the molecule is COc1ccc2c(c1)CCCN2CC(=O)Nc1ccccc1C#N. The van der Waals surface area contributed by atoms with Crippen molar-refractivity contribution in [3.8, 4) is 11.8 Å². The molecule has 0 spiro atoms. The van der Waals surface area contributed by atoms with Crippen LogP contribution in [0, 0.1) is 11.3 Å². The Hall–Kier alpha value is -3.00. The molecule has 2 aromatic rings. The van der Waals surface area contributed by atoms with Crippen LogP contribution in [0.1, 0.15) is 17.5 Å². The summed E-state index contributed by atoms with van der Waals surface area (Å²) in [4.78, 5) is 14.5. The monoisotopic (exact) mass is 321 g/mol. The summed E-state index contributed by atoms with van der Waals surface area (Å²) in [6, 6.07) is 15.1. The van der Waals surface area contributed by atoms with Gasteiger partial charge in [-0.3, -0.25) is 4.79 Å². The van der Waals surface area contributed by atoms with E-state index in [1.165, 1.54) is 5.56 Å². The lowest BCUT2D eigenvalue weighted by molar-refractivity contribution is -0.115. The second kappa shape index (κ2) is 7.05. The number of para-hydroxylation sites is 1. The van der Waals surface area contributed by atoms with Gasteiger partial charge in [0, 0.05) is 12.2 Å². The minimum atomic E-state index is -0.124.